The van der Waals surface area contributed by atoms with Crippen LogP contribution in [0.25, 0.3) is 0 Å². The zero-order chi connectivity index (χ0) is 45.2. The molecule has 4 amide bonds. The molecule has 4 unspecified atom stereocenters. The Morgan fingerprint density at radius 3 is 2.26 bits per heavy atom. The Hall–Kier alpha value is -4.99. The van der Waals surface area contributed by atoms with E-state index in [2.05, 4.69) is 21.3 Å². The molecule has 8 atom stereocenters. The number of cyclic esters (lactones) is 2. The normalized spacial score (nSPS) is 24.3. The summed E-state index contributed by atoms with van der Waals surface area (Å²) in [6.07, 6.45) is 0.617. The number of hydrogen-bond acceptors (Lipinski definition) is 11. The van der Waals surface area contributed by atoms with Crippen LogP contribution >= 0.6 is 11.6 Å². The van der Waals surface area contributed by atoms with Gasteiger partial charge in [0.25, 0.3) is 0 Å². The fourth-order valence-corrected chi connectivity index (χ4v) is 6.95. The molecule has 61 heavy (non-hydrogen) atoms. The van der Waals surface area contributed by atoms with Crippen LogP contribution in [0.3, 0.4) is 0 Å². The number of benzene rings is 2. The molecule has 0 bridgehead atoms. The number of ether oxygens (including phenoxy) is 4. The maximum Gasteiger partial charge on any atom is 0.347 e. The number of carbonyl (C=O) groups excluding carboxylic acids is 6. The van der Waals surface area contributed by atoms with Crippen LogP contribution in [0.2, 0.25) is 5.02 Å². The Morgan fingerprint density at radius 1 is 0.967 bits per heavy atom. The van der Waals surface area contributed by atoms with Gasteiger partial charge < -0.3 is 45.9 Å². The Balaban J connectivity index is 1.49. The van der Waals surface area contributed by atoms with Crippen molar-refractivity contribution in [3.8, 4) is 5.75 Å². The summed E-state index contributed by atoms with van der Waals surface area (Å²) in [6, 6.07) is 10.1. The summed E-state index contributed by atoms with van der Waals surface area (Å²) >= 11 is 6.35. The van der Waals surface area contributed by atoms with Crippen molar-refractivity contribution in [2.75, 3.05) is 13.7 Å². The van der Waals surface area contributed by atoms with Gasteiger partial charge in [-0.15, -0.1) is 0 Å². The van der Waals surface area contributed by atoms with Crippen LogP contribution in [0.1, 0.15) is 91.0 Å². The summed E-state index contributed by atoms with van der Waals surface area (Å²) in [4.78, 5) is 79.3. The van der Waals surface area contributed by atoms with Gasteiger partial charge in [-0.2, -0.15) is 0 Å². The van der Waals surface area contributed by atoms with Crippen LogP contribution in [-0.2, 0) is 55.9 Å². The minimum Gasteiger partial charge on any atom is -0.495 e. The number of rotatable bonds is 14. The maximum absolute atomic E-state index is 13.8. The van der Waals surface area contributed by atoms with Gasteiger partial charge in [0.2, 0.25) is 23.6 Å². The maximum atomic E-state index is 13.8. The van der Waals surface area contributed by atoms with Crippen molar-refractivity contribution >= 4 is 47.2 Å². The number of epoxide rings is 1. The first-order valence-corrected chi connectivity index (χ1v) is 21.1. The summed E-state index contributed by atoms with van der Waals surface area (Å²) < 4.78 is 23.3. The molecule has 2 aliphatic rings. The molecule has 6 N–H and O–H groups in total. The highest BCUT2D eigenvalue weighted by Crippen LogP contribution is 2.45. The van der Waals surface area contributed by atoms with Crippen molar-refractivity contribution in [1.82, 2.24) is 21.3 Å². The molecule has 1 saturated heterocycles. The zero-order valence-electron chi connectivity index (χ0n) is 36.5. The molecule has 1 fully saturated rings. The lowest BCUT2D eigenvalue weighted by molar-refractivity contribution is -0.179. The molecule has 0 aromatic heterocycles. The standard InChI is InChI=1S/C45H62ClN5O10/c1-24(2)19-35-43(56)59-33(26(5)38-39(61-38)30-16-13-28(14-17-30)22-48-40(53)27(6)50-42(55)37(47)25(3)4)11-10-12-36(52)51-32(21-29-15-18-34(58-9)31(46)20-29)41(54)49-23-45(7,8)44(57)60-35/h10,12-18,20,24-27,32-33,35,37-39H,11,19,21-23,47H2,1-9H3,(H,48,53)(H,49,54)(H,50,55)(H,51,52)/b12-10+/t26?,27?,32-,33+,35+,37?,38?,39-/m1/s1. The average Bonchev–Trinajstić information content (AvgIpc) is 4.01. The van der Waals surface area contributed by atoms with E-state index in [1.165, 1.54) is 13.2 Å². The van der Waals surface area contributed by atoms with Crippen molar-refractivity contribution < 1.29 is 47.7 Å². The van der Waals surface area contributed by atoms with E-state index in [-0.39, 0.29) is 74.1 Å². The van der Waals surface area contributed by atoms with Crippen molar-refractivity contribution in [3.63, 3.8) is 0 Å². The van der Waals surface area contributed by atoms with Crippen LogP contribution in [-0.4, -0.2) is 85.7 Å². The van der Waals surface area contributed by atoms with Crippen LogP contribution in [0.15, 0.2) is 54.6 Å². The van der Waals surface area contributed by atoms with Crippen LogP contribution in [0.5, 0.6) is 5.75 Å². The van der Waals surface area contributed by atoms with Crippen molar-refractivity contribution in [2.45, 2.75) is 124 Å². The predicted octanol–water partition coefficient (Wildman–Crippen LogP) is 4.23. The van der Waals surface area contributed by atoms with E-state index in [1.807, 2.05) is 58.9 Å². The summed E-state index contributed by atoms with van der Waals surface area (Å²) in [5.41, 5.74) is 7.02. The number of carbonyl (C=O) groups is 6. The highest BCUT2D eigenvalue weighted by Gasteiger charge is 2.48. The highest BCUT2D eigenvalue weighted by atomic mass is 35.5. The van der Waals surface area contributed by atoms with E-state index >= 15 is 0 Å². The second-order valence-corrected chi connectivity index (χ2v) is 17.7. The van der Waals surface area contributed by atoms with Gasteiger partial charge in [-0.3, -0.25) is 24.0 Å². The van der Waals surface area contributed by atoms with Crippen LogP contribution < -0.4 is 31.7 Å². The largest absolute Gasteiger partial charge is 0.495 e. The molecular formula is C45H62ClN5O10. The quantitative estimate of drug-likeness (QED) is 0.134. The first kappa shape index (κ1) is 48.7. The van der Waals surface area contributed by atoms with E-state index < -0.39 is 59.5 Å². The second kappa shape index (κ2) is 21.7. The third-order valence-electron chi connectivity index (χ3n) is 10.8. The van der Waals surface area contributed by atoms with Crippen LogP contribution in [0.4, 0.5) is 0 Å². The lowest BCUT2D eigenvalue weighted by Crippen LogP contribution is -2.51. The van der Waals surface area contributed by atoms with Gasteiger partial charge in [-0.1, -0.05) is 82.6 Å². The number of hydrogen-bond donors (Lipinski definition) is 5. The van der Waals surface area contributed by atoms with Gasteiger partial charge in [0.15, 0.2) is 6.10 Å². The minimum atomic E-state index is -1.25. The van der Waals surface area contributed by atoms with Gasteiger partial charge >= 0.3 is 11.9 Å². The van der Waals surface area contributed by atoms with Crippen molar-refractivity contribution in [2.24, 2.45) is 28.9 Å². The predicted molar refractivity (Wildman–Crippen MR) is 229 cm³/mol. The van der Waals surface area contributed by atoms with E-state index in [1.54, 1.807) is 45.0 Å². The fourth-order valence-electron chi connectivity index (χ4n) is 6.67. The van der Waals surface area contributed by atoms with Crippen LogP contribution in [0, 0.1) is 23.2 Å². The SMILES string of the molecule is COc1ccc(C[C@H]2NC(=O)/C=C/C[C@@H](C(C)C3O[C@@H]3c3ccc(CNC(=O)C(C)NC(=O)C(N)C(C)C)cc3)OC(=O)[C@H](CC(C)C)OC(=O)C(C)(C)CNC2=O)cc1Cl. The number of nitrogens with one attached hydrogen (secondary N) is 4. The number of esters is 2. The minimum absolute atomic E-state index is 0.0317. The molecule has 4 rings (SSSR count). The molecule has 0 aliphatic carbocycles. The van der Waals surface area contributed by atoms with Gasteiger partial charge in [0.1, 0.15) is 30.0 Å². The molecular weight excluding hydrogens is 806 g/mol. The molecule has 0 saturated carbocycles. The highest BCUT2D eigenvalue weighted by molar-refractivity contribution is 6.32. The summed E-state index contributed by atoms with van der Waals surface area (Å²) in [6.45, 7) is 14.2. The molecule has 0 spiro atoms. The van der Waals surface area contributed by atoms with Crippen molar-refractivity contribution in [1.29, 1.82) is 0 Å². The molecule has 334 valence electrons. The third-order valence-corrected chi connectivity index (χ3v) is 11.1. The van der Waals surface area contributed by atoms with Gasteiger partial charge in [0.05, 0.1) is 29.7 Å². The monoisotopic (exact) mass is 867 g/mol. The van der Waals surface area contributed by atoms with E-state index in [0.717, 1.165) is 11.1 Å². The van der Waals surface area contributed by atoms with E-state index in [0.29, 0.717) is 16.3 Å². The van der Waals surface area contributed by atoms with Gasteiger partial charge in [-0.05, 0) is 73.9 Å². The second-order valence-electron chi connectivity index (χ2n) is 17.3. The molecule has 2 aromatic carbocycles. The van der Waals surface area contributed by atoms with Gasteiger partial charge in [0, 0.05) is 31.8 Å². The third kappa shape index (κ3) is 14.0. The van der Waals surface area contributed by atoms with E-state index in [9.17, 15) is 28.8 Å². The Bertz CT molecular complexity index is 1920. The smallest absolute Gasteiger partial charge is 0.347 e. The number of nitrogens with two attached hydrogens (primary N) is 1. The average molecular weight is 868 g/mol. The van der Waals surface area contributed by atoms with Crippen molar-refractivity contribution in [3.05, 3.63) is 76.3 Å². The Kier molecular flexibility index (Phi) is 17.3. The lowest BCUT2D eigenvalue weighted by atomic mass is 9.92. The summed E-state index contributed by atoms with van der Waals surface area (Å²) in [5, 5.41) is 11.4. The Morgan fingerprint density at radius 2 is 1.64 bits per heavy atom. The summed E-state index contributed by atoms with van der Waals surface area (Å²) in [7, 11) is 1.49. The van der Waals surface area contributed by atoms with Gasteiger partial charge in [-0.25, -0.2) is 4.79 Å². The molecule has 2 heterocycles. The molecule has 2 aromatic rings. The lowest BCUT2D eigenvalue weighted by Gasteiger charge is -2.29. The topological polar surface area (TPSA) is 217 Å². The molecule has 16 heteroatoms. The zero-order valence-corrected chi connectivity index (χ0v) is 37.3. The molecule has 0 radical (unpaired) electrons. The van der Waals surface area contributed by atoms with E-state index in [4.69, 9.17) is 36.3 Å². The first-order valence-electron chi connectivity index (χ1n) is 20.8. The fraction of sp³-hybridized carbons (Fsp3) is 0.556. The molecule has 2 aliphatic heterocycles. The first-order chi connectivity index (χ1) is 28.7. The number of amides is 4. The summed E-state index contributed by atoms with van der Waals surface area (Å²) in [5.74, 6) is -3.24. The molecule has 15 nitrogen and oxygen atoms in total. The Labute approximate surface area is 363 Å². The number of halogens is 1. The number of methoxy groups -OCH3 is 1.